The smallest absolute Gasteiger partial charge is 0.191 e. The van der Waals surface area contributed by atoms with Gasteiger partial charge in [0.25, 0.3) is 0 Å². The van der Waals surface area contributed by atoms with Crippen LogP contribution in [0.3, 0.4) is 0 Å². The van der Waals surface area contributed by atoms with E-state index in [1.54, 1.807) is 6.92 Å². The molecule has 3 N–H and O–H groups in total. The lowest BCUT2D eigenvalue weighted by Gasteiger charge is -2.33. The summed E-state index contributed by atoms with van der Waals surface area (Å²) in [6.07, 6.45) is 1.85. The Morgan fingerprint density at radius 1 is 1.22 bits per heavy atom. The van der Waals surface area contributed by atoms with Gasteiger partial charge in [0.2, 0.25) is 0 Å². The summed E-state index contributed by atoms with van der Waals surface area (Å²) in [6, 6.07) is 6.00. The molecule has 32 heavy (non-hydrogen) atoms. The van der Waals surface area contributed by atoms with Crippen molar-refractivity contribution in [1.82, 2.24) is 20.5 Å². The van der Waals surface area contributed by atoms with Gasteiger partial charge in [-0.3, -0.25) is 0 Å². The number of anilines is 1. The molecule has 3 rings (SSSR count). The Morgan fingerprint density at radius 3 is 2.56 bits per heavy atom. The van der Waals surface area contributed by atoms with E-state index in [-0.39, 0.29) is 24.0 Å². The molecule has 0 radical (unpaired) electrons. The third-order valence-corrected chi connectivity index (χ3v) is 5.62. The van der Waals surface area contributed by atoms with Crippen LogP contribution in [0.15, 0.2) is 33.8 Å². The van der Waals surface area contributed by atoms with Gasteiger partial charge in [-0.1, -0.05) is 0 Å². The van der Waals surface area contributed by atoms with Gasteiger partial charge in [0.15, 0.2) is 5.96 Å². The summed E-state index contributed by atoms with van der Waals surface area (Å²) in [5.41, 5.74) is 0.831. The normalized spacial score (nSPS) is 16.9. The molecular weight excluding hydrogens is 519 g/mol. The fourth-order valence-corrected chi connectivity index (χ4v) is 3.80. The van der Waals surface area contributed by atoms with Crippen molar-refractivity contribution < 1.29 is 9.52 Å². The summed E-state index contributed by atoms with van der Waals surface area (Å²) in [5, 5.41) is 17.5. The zero-order chi connectivity index (χ0) is 22.4. The number of rotatable bonds is 7. The molecule has 1 saturated heterocycles. The van der Waals surface area contributed by atoms with Crippen LogP contribution < -0.4 is 15.5 Å². The largest absolute Gasteiger partial charge is 0.466 e. The van der Waals surface area contributed by atoms with E-state index in [2.05, 4.69) is 38.5 Å². The SMILES string of the molecule is CCNC(=NCc1ccnc(N2CCN(C)CC2)c1)NCC(C)(O)c1cc(C)oc1C.I. The minimum Gasteiger partial charge on any atom is -0.466 e. The molecule has 0 spiro atoms. The summed E-state index contributed by atoms with van der Waals surface area (Å²) < 4.78 is 5.58. The minimum atomic E-state index is -1.07. The molecule has 1 fully saturated rings. The summed E-state index contributed by atoms with van der Waals surface area (Å²) >= 11 is 0. The van der Waals surface area contributed by atoms with Gasteiger partial charge in [0, 0.05) is 44.5 Å². The van der Waals surface area contributed by atoms with Gasteiger partial charge in [0.1, 0.15) is 22.9 Å². The lowest BCUT2D eigenvalue weighted by atomic mass is 9.96. The van der Waals surface area contributed by atoms with E-state index in [4.69, 9.17) is 9.41 Å². The van der Waals surface area contributed by atoms with E-state index < -0.39 is 5.60 Å². The van der Waals surface area contributed by atoms with Crippen molar-refractivity contribution in [2.45, 2.75) is 39.8 Å². The van der Waals surface area contributed by atoms with E-state index in [0.717, 1.165) is 61.2 Å². The van der Waals surface area contributed by atoms with Gasteiger partial charge in [-0.05, 0) is 58.5 Å². The Labute approximate surface area is 208 Å². The van der Waals surface area contributed by atoms with Gasteiger partial charge in [-0.2, -0.15) is 0 Å². The molecule has 3 heterocycles. The number of hydrogen-bond donors (Lipinski definition) is 3. The van der Waals surface area contributed by atoms with Crippen LogP contribution in [0.4, 0.5) is 5.82 Å². The predicted octanol–water partition coefficient (Wildman–Crippen LogP) is 2.62. The molecule has 2 aromatic rings. The topological polar surface area (TPSA) is 89.2 Å². The lowest BCUT2D eigenvalue weighted by molar-refractivity contribution is 0.0601. The van der Waals surface area contributed by atoms with Crippen molar-refractivity contribution in [3.8, 4) is 0 Å². The van der Waals surface area contributed by atoms with E-state index >= 15 is 0 Å². The second-order valence-corrected chi connectivity index (χ2v) is 8.46. The van der Waals surface area contributed by atoms with Gasteiger partial charge in [-0.15, -0.1) is 24.0 Å². The fourth-order valence-electron chi connectivity index (χ4n) is 3.80. The van der Waals surface area contributed by atoms with Gasteiger partial charge >= 0.3 is 0 Å². The lowest BCUT2D eigenvalue weighted by Crippen LogP contribution is -2.45. The number of hydrogen-bond acceptors (Lipinski definition) is 6. The Bertz CT molecular complexity index is 890. The Morgan fingerprint density at radius 2 is 1.94 bits per heavy atom. The molecule has 1 aliphatic rings. The molecule has 9 heteroatoms. The molecule has 1 unspecified atom stereocenters. The molecular formula is C23H37IN6O2. The molecule has 0 amide bonds. The standard InChI is InChI=1S/C23H36N6O2.HI/c1-6-24-22(27-16-23(4,30)20-13-17(2)31-18(20)3)26-15-19-7-8-25-21(14-19)29-11-9-28(5)10-12-29;/h7-8,13-14,30H,6,9-12,15-16H2,1-5H3,(H2,24,26,27);1H. The third kappa shape index (κ3) is 7.08. The van der Waals surface area contributed by atoms with Crippen molar-refractivity contribution >= 4 is 35.8 Å². The number of aromatic nitrogens is 1. The number of nitrogens with zero attached hydrogens (tertiary/aromatic N) is 4. The maximum atomic E-state index is 11.0. The van der Waals surface area contributed by atoms with Crippen molar-refractivity contribution in [1.29, 1.82) is 0 Å². The fraction of sp³-hybridized carbons (Fsp3) is 0.565. The average Bonchev–Trinajstić information content (AvgIpc) is 3.10. The number of aliphatic hydroxyl groups is 1. The van der Waals surface area contributed by atoms with E-state index in [0.29, 0.717) is 19.0 Å². The monoisotopic (exact) mass is 556 g/mol. The number of furan rings is 1. The second kappa shape index (κ2) is 11.9. The molecule has 178 valence electrons. The molecule has 1 aliphatic heterocycles. The molecule has 2 aromatic heterocycles. The zero-order valence-electron chi connectivity index (χ0n) is 19.8. The second-order valence-electron chi connectivity index (χ2n) is 8.46. The van der Waals surface area contributed by atoms with Crippen LogP contribution in [-0.2, 0) is 12.1 Å². The van der Waals surface area contributed by atoms with Crippen LogP contribution in [0.25, 0.3) is 0 Å². The highest BCUT2D eigenvalue weighted by Gasteiger charge is 2.28. The van der Waals surface area contributed by atoms with Gasteiger partial charge in [0.05, 0.1) is 13.1 Å². The summed E-state index contributed by atoms with van der Waals surface area (Å²) in [6.45, 7) is 13.2. The maximum Gasteiger partial charge on any atom is 0.191 e. The molecule has 0 aliphatic carbocycles. The number of likely N-dealkylation sites (N-methyl/N-ethyl adjacent to an activating group) is 1. The highest BCUT2D eigenvalue weighted by Crippen LogP contribution is 2.26. The van der Waals surface area contributed by atoms with Crippen molar-refractivity contribution in [2.75, 3.05) is 51.2 Å². The Balaban J connectivity index is 0.00000363. The first-order valence-electron chi connectivity index (χ1n) is 11.0. The highest BCUT2D eigenvalue weighted by molar-refractivity contribution is 14.0. The third-order valence-electron chi connectivity index (χ3n) is 5.62. The van der Waals surface area contributed by atoms with E-state index in [1.807, 2.05) is 39.1 Å². The van der Waals surface area contributed by atoms with Crippen LogP contribution >= 0.6 is 24.0 Å². The van der Waals surface area contributed by atoms with Crippen LogP contribution in [0.5, 0.6) is 0 Å². The van der Waals surface area contributed by atoms with Crippen molar-refractivity contribution in [2.24, 2.45) is 4.99 Å². The van der Waals surface area contributed by atoms with Gasteiger partial charge in [-0.25, -0.2) is 9.98 Å². The number of pyridine rings is 1. The average molecular weight is 556 g/mol. The van der Waals surface area contributed by atoms with E-state index in [9.17, 15) is 5.11 Å². The van der Waals surface area contributed by atoms with Crippen LogP contribution in [0.2, 0.25) is 0 Å². The van der Waals surface area contributed by atoms with Crippen LogP contribution in [-0.4, -0.2) is 67.3 Å². The summed E-state index contributed by atoms with van der Waals surface area (Å²) in [4.78, 5) is 13.9. The summed E-state index contributed by atoms with van der Waals surface area (Å²) in [7, 11) is 2.15. The molecule has 8 nitrogen and oxygen atoms in total. The number of guanidine groups is 1. The predicted molar refractivity (Wildman–Crippen MR) is 140 cm³/mol. The quantitative estimate of drug-likeness (QED) is 0.275. The molecule has 0 aromatic carbocycles. The maximum absolute atomic E-state index is 11.0. The number of halogens is 1. The molecule has 1 atom stereocenters. The minimum absolute atomic E-state index is 0. The van der Waals surface area contributed by atoms with Gasteiger partial charge < -0.3 is 30.0 Å². The first-order valence-corrected chi connectivity index (χ1v) is 11.0. The van der Waals surface area contributed by atoms with Crippen LogP contribution in [0, 0.1) is 13.8 Å². The first kappa shape index (κ1) is 26.4. The van der Waals surface area contributed by atoms with E-state index in [1.165, 1.54) is 0 Å². The zero-order valence-corrected chi connectivity index (χ0v) is 22.1. The highest BCUT2D eigenvalue weighted by atomic mass is 127. The summed E-state index contributed by atoms with van der Waals surface area (Å²) in [5.74, 6) is 3.20. The number of aryl methyl sites for hydroxylation is 2. The van der Waals surface area contributed by atoms with Crippen molar-refractivity contribution in [3.05, 3.63) is 47.0 Å². The number of aliphatic imine (C=N–C) groups is 1. The molecule has 0 saturated carbocycles. The Kier molecular flexibility index (Phi) is 9.78. The van der Waals surface area contributed by atoms with Crippen LogP contribution in [0.1, 0.15) is 36.5 Å². The Hall–Kier alpha value is -1.85. The first-order chi connectivity index (χ1) is 14.8. The molecule has 0 bridgehead atoms. The number of piperazine rings is 1. The van der Waals surface area contributed by atoms with Crippen molar-refractivity contribution in [3.63, 3.8) is 0 Å². The number of nitrogens with one attached hydrogen (secondary N) is 2.